The molecule has 0 atom stereocenters. The van der Waals surface area contributed by atoms with E-state index in [-0.39, 0.29) is 17.4 Å². The predicted molar refractivity (Wildman–Crippen MR) is 67.6 cm³/mol. The first kappa shape index (κ1) is 12.7. The van der Waals surface area contributed by atoms with Gasteiger partial charge in [-0.15, -0.1) is 0 Å². The Labute approximate surface area is 110 Å². The smallest absolute Gasteiger partial charge is 0.321 e. The Hall–Kier alpha value is -1.75. The van der Waals surface area contributed by atoms with Gasteiger partial charge in [0.1, 0.15) is 5.82 Å². The fraction of sp³-hybridized carbons (Fsp3) is 0.333. The summed E-state index contributed by atoms with van der Waals surface area (Å²) < 4.78 is 5.41. The van der Waals surface area contributed by atoms with Gasteiger partial charge in [0, 0.05) is 11.9 Å². The molecule has 6 heteroatoms. The zero-order valence-corrected chi connectivity index (χ0v) is 10.9. The number of halogens is 1. The topological polar surface area (TPSA) is 60.8 Å². The lowest BCUT2D eigenvalue weighted by Gasteiger charge is -2.08. The second kappa shape index (κ2) is 5.73. The van der Waals surface area contributed by atoms with E-state index < -0.39 is 0 Å². The van der Waals surface area contributed by atoms with Crippen molar-refractivity contribution in [3.05, 3.63) is 41.2 Å². The molecule has 0 amide bonds. The highest BCUT2D eigenvalue weighted by molar-refractivity contribution is 6.28. The van der Waals surface area contributed by atoms with Gasteiger partial charge in [-0.25, -0.2) is 4.98 Å². The highest BCUT2D eigenvalue weighted by atomic mass is 35.5. The summed E-state index contributed by atoms with van der Waals surface area (Å²) in [6, 6.07) is 5.92. The van der Waals surface area contributed by atoms with Crippen LogP contribution in [0.1, 0.15) is 25.4 Å². The maximum atomic E-state index is 5.84. The van der Waals surface area contributed by atoms with E-state index in [9.17, 15) is 0 Å². The van der Waals surface area contributed by atoms with Crippen LogP contribution in [0.25, 0.3) is 0 Å². The van der Waals surface area contributed by atoms with E-state index in [4.69, 9.17) is 16.3 Å². The number of aromatic nitrogens is 4. The number of rotatable bonds is 4. The normalized spacial score (nSPS) is 10.7. The molecule has 0 aliphatic carbocycles. The Balaban J connectivity index is 2.20. The van der Waals surface area contributed by atoms with Gasteiger partial charge in [-0.3, -0.25) is 4.98 Å². The van der Waals surface area contributed by atoms with Crippen molar-refractivity contribution in [1.82, 2.24) is 19.9 Å². The van der Waals surface area contributed by atoms with E-state index in [1.54, 1.807) is 6.20 Å². The molecule has 2 aromatic heterocycles. The Morgan fingerprint density at radius 2 is 2.06 bits per heavy atom. The van der Waals surface area contributed by atoms with Gasteiger partial charge in [0.05, 0.1) is 12.5 Å². The van der Waals surface area contributed by atoms with E-state index in [0.29, 0.717) is 12.2 Å². The van der Waals surface area contributed by atoms with Crippen molar-refractivity contribution in [1.29, 1.82) is 0 Å². The third kappa shape index (κ3) is 3.63. The van der Waals surface area contributed by atoms with E-state index in [0.717, 1.165) is 5.69 Å². The molecule has 0 aromatic carbocycles. The second-order valence-electron chi connectivity index (χ2n) is 3.97. The van der Waals surface area contributed by atoms with Crippen molar-refractivity contribution >= 4 is 11.6 Å². The van der Waals surface area contributed by atoms with Crippen molar-refractivity contribution in [2.75, 3.05) is 0 Å². The maximum absolute atomic E-state index is 5.84. The first-order chi connectivity index (χ1) is 8.63. The fourth-order valence-corrected chi connectivity index (χ4v) is 1.55. The predicted octanol–water partition coefficient (Wildman–Crippen LogP) is 2.30. The van der Waals surface area contributed by atoms with Gasteiger partial charge >= 0.3 is 6.01 Å². The molecular weight excluding hydrogens is 252 g/mol. The number of ether oxygens (including phenoxy) is 1. The molecule has 0 aliphatic heterocycles. The molecule has 2 aromatic rings. The summed E-state index contributed by atoms with van der Waals surface area (Å²) in [5.74, 6) is 0.546. The standard InChI is InChI=1S/C12H13ClN4O/c1-8(2)18-12-16-10(15-11(13)17-12)7-9-5-3-4-6-14-9/h3-6,8H,7H2,1-2H3. The maximum Gasteiger partial charge on any atom is 0.321 e. The number of nitrogens with zero attached hydrogens (tertiary/aromatic N) is 4. The third-order valence-corrected chi connectivity index (χ3v) is 2.21. The molecule has 2 heterocycles. The summed E-state index contributed by atoms with van der Waals surface area (Å²) in [4.78, 5) is 16.4. The van der Waals surface area contributed by atoms with Crippen LogP contribution >= 0.6 is 11.6 Å². The van der Waals surface area contributed by atoms with Gasteiger partial charge in [-0.1, -0.05) is 6.07 Å². The minimum absolute atomic E-state index is 0.00818. The van der Waals surface area contributed by atoms with Gasteiger partial charge in [0.25, 0.3) is 0 Å². The van der Waals surface area contributed by atoms with Crippen LogP contribution in [-0.4, -0.2) is 26.0 Å². The number of pyridine rings is 1. The van der Waals surface area contributed by atoms with Crippen molar-refractivity contribution in [3.8, 4) is 6.01 Å². The van der Waals surface area contributed by atoms with Crippen LogP contribution in [0.3, 0.4) is 0 Å². The molecule has 0 saturated carbocycles. The monoisotopic (exact) mass is 264 g/mol. The summed E-state index contributed by atoms with van der Waals surface area (Å²) in [5, 5.41) is 0.131. The van der Waals surface area contributed by atoms with Crippen LogP contribution in [0.5, 0.6) is 6.01 Å². The van der Waals surface area contributed by atoms with E-state index in [1.807, 2.05) is 32.0 Å². The van der Waals surface area contributed by atoms with Crippen molar-refractivity contribution in [2.45, 2.75) is 26.4 Å². The van der Waals surface area contributed by atoms with Crippen LogP contribution in [-0.2, 0) is 6.42 Å². The quantitative estimate of drug-likeness (QED) is 0.848. The molecule has 0 N–H and O–H groups in total. The van der Waals surface area contributed by atoms with Crippen LogP contribution in [0.15, 0.2) is 24.4 Å². The summed E-state index contributed by atoms with van der Waals surface area (Å²) in [7, 11) is 0. The third-order valence-electron chi connectivity index (χ3n) is 2.04. The summed E-state index contributed by atoms with van der Waals surface area (Å²) in [6.07, 6.45) is 2.22. The molecule has 5 nitrogen and oxygen atoms in total. The highest BCUT2D eigenvalue weighted by Crippen LogP contribution is 2.11. The molecule has 0 saturated heterocycles. The number of hydrogen-bond acceptors (Lipinski definition) is 5. The second-order valence-corrected chi connectivity index (χ2v) is 4.31. The Morgan fingerprint density at radius 1 is 1.22 bits per heavy atom. The molecule has 0 fully saturated rings. The fourth-order valence-electron chi connectivity index (χ4n) is 1.38. The van der Waals surface area contributed by atoms with E-state index in [1.165, 1.54) is 0 Å². The largest absolute Gasteiger partial charge is 0.461 e. The van der Waals surface area contributed by atoms with Gasteiger partial charge < -0.3 is 4.74 Å². The number of hydrogen-bond donors (Lipinski definition) is 0. The van der Waals surface area contributed by atoms with Gasteiger partial charge in [0.15, 0.2) is 0 Å². The first-order valence-electron chi connectivity index (χ1n) is 5.60. The molecule has 94 valence electrons. The zero-order chi connectivity index (χ0) is 13.0. The van der Waals surface area contributed by atoms with E-state index in [2.05, 4.69) is 19.9 Å². The molecule has 0 unspecified atom stereocenters. The lowest BCUT2D eigenvalue weighted by atomic mass is 10.2. The van der Waals surface area contributed by atoms with Crippen LogP contribution in [0, 0.1) is 0 Å². The zero-order valence-electron chi connectivity index (χ0n) is 10.2. The summed E-state index contributed by atoms with van der Waals surface area (Å²) in [5.41, 5.74) is 0.871. The minimum Gasteiger partial charge on any atom is -0.461 e. The molecule has 0 radical (unpaired) electrons. The Morgan fingerprint density at radius 3 is 2.72 bits per heavy atom. The van der Waals surface area contributed by atoms with Crippen LogP contribution in [0.4, 0.5) is 0 Å². The van der Waals surface area contributed by atoms with Crippen molar-refractivity contribution in [3.63, 3.8) is 0 Å². The van der Waals surface area contributed by atoms with Gasteiger partial charge in [-0.2, -0.15) is 9.97 Å². The molecule has 0 aliphatic rings. The lowest BCUT2D eigenvalue weighted by Crippen LogP contribution is -2.11. The highest BCUT2D eigenvalue weighted by Gasteiger charge is 2.08. The summed E-state index contributed by atoms with van der Waals surface area (Å²) >= 11 is 5.84. The van der Waals surface area contributed by atoms with E-state index >= 15 is 0 Å². The summed E-state index contributed by atoms with van der Waals surface area (Å²) in [6.45, 7) is 3.80. The van der Waals surface area contributed by atoms with Crippen LogP contribution < -0.4 is 4.74 Å². The minimum atomic E-state index is -0.00818. The molecule has 0 spiro atoms. The molecule has 18 heavy (non-hydrogen) atoms. The Bertz CT molecular complexity index is 519. The molecule has 2 rings (SSSR count). The average molecular weight is 265 g/mol. The van der Waals surface area contributed by atoms with Gasteiger partial charge in [-0.05, 0) is 37.6 Å². The van der Waals surface area contributed by atoms with Crippen LogP contribution in [0.2, 0.25) is 5.28 Å². The average Bonchev–Trinajstić information content (AvgIpc) is 2.28. The Kier molecular flexibility index (Phi) is 4.04. The first-order valence-corrected chi connectivity index (χ1v) is 5.98. The lowest BCUT2D eigenvalue weighted by molar-refractivity contribution is 0.220. The molecular formula is C12H13ClN4O. The van der Waals surface area contributed by atoms with Crippen molar-refractivity contribution in [2.24, 2.45) is 0 Å². The SMILES string of the molecule is CC(C)Oc1nc(Cl)nc(Cc2ccccn2)n1. The van der Waals surface area contributed by atoms with Crippen molar-refractivity contribution < 1.29 is 4.74 Å². The molecule has 0 bridgehead atoms. The van der Waals surface area contributed by atoms with Gasteiger partial charge in [0.2, 0.25) is 5.28 Å².